The molecule has 0 aliphatic carbocycles. The number of hydrogen-bond donors (Lipinski definition) is 0. The molecule has 0 aromatic carbocycles. The lowest BCUT2D eigenvalue weighted by Gasteiger charge is -2.19. The molecule has 0 saturated heterocycles. The van der Waals surface area contributed by atoms with E-state index in [1.54, 1.807) is 14.0 Å². The third-order valence-corrected chi connectivity index (χ3v) is 4.13. The maximum absolute atomic E-state index is 11.8. The number of ether oxygens (including phenoxy) is 3. The summed E-state index contributed by atoms with van der Waals surface area (Å²) in [6.07, 6.45) is 2.31. The Hall–Kier alpha value is -2.36. The fourth-order valence-electron chi connectivity index (χ4n) is 2.08. The van der Waals surface area contributed by atoms with E-state index in [1.807, 2.05) is 12.1 Å². The average molecular weight is 408 g/mol. The Bertz CT molecular complexity index is 625. The third-order valence-electron chi connectivity index (χ3n) is 4.13. The van der Waals surface area contributed by atoms with Crippen molar-refractivity contribution in [1.82, 2.24) is 0 Å². The van der Waals surface area contributed by atoms with Gasteiger partial charge in [0.15, 0.2) is 11.1 Å². The maximum Gasteiger partial charge on any atom is 0.305 e. The summed E-state index contributed by atoms with van der Waals surface area (Å²) in [5.74, 6) is -0.504. The van der Waals surface area contributed by atoms with Crippen LogP contribution in [0.4, 0.5) is 0 Å². The van der Waals surface area contributed by atoms with Crippen molar-refractivity contribution in [2.24, 2.45) is 10.2 Å². The number of Topliss-reactive ketones (excluding diaryl/α,β-unsaturated/α-hetero) is 1. The molecular formula is C20H32N4O5. The van der Waals surface area contributed by atoms with E-state index in [2.05, 4.69) is 10.2 Å². The molecule has 0 radical (unpaired) electrons. The van der Waals surface area contributed by atoms with Crippen LogP contribution in [0, 0.1) is 22.7 Å². The fourth-order valence-corrected chi connectivity index (χ4v) is 2.08. The van der Waals surface area contributed by atoms with E-state index < -0.39 is 17.0 Å². The highest BCUT2D eigenvalue weighted by Crippen LogP contribution is 2.23. The SMILES string of the molecule is COCCCCOCCOC(=O)CCC(C)(C#N)N=NC(C)(C#N)CCC(C)=O. The smallest absolute Gasteiger partial charge is 0.305 e. The van der Waals surface area contributed by atoms with Gasteiger partial charge in [0.1, 0.15) is 12.4 Å². The highest BCUT2D eigenvalue weighted by atomic mass is 16.6. The molecule has 0 aromatic heterocycles. The standard InChI is InChI=1S/C20H32N4O5/c1-17(25)7-9-19(2,15-21)23-24-20(3,16-22)10-8-18(26)29-14-13-28-12-6-5-11-27-4/h5-14H2,1-4H3. The maximum atomic E-state index is 11.8. The van der Waals surface area contributed by atoms with Crippen LogP contribution in [0.1, 0.15) is 59.3 Å². The number of azo groups is 1. The lowest BCUT2D eigenvalue weighted by atomic mass is 9.97. The molecule has 0 aromatic rings. The zero-order valence-electron chi connectivity index (χ0n) is 17.9. The number of nitriles is 2. The molecule has 0 spiro atoms. The van der Waals surface area contributed by atoms with E-state index >= 15 is 0 Å². The van der Waals surface area contributed by atoms with Crippen LogP contribution in [0.15, 0.2) is 10.2 Å². The van der Waals surface area contributed by atoms with Crippen LogP contribution >= 0.6 is 0 Å². The third kappa shape index (κ3) is 13.4. The minimum atomic E-state index is -1.26. The van der Waals surface area contributed by atoms with Crippen LogP contribution in [0.2, 0.25) is 0 Å². The number of hydrogen-bond acceptors (Lipinski definition) is 9. The molecule has 0 fully saturated rings. The zero-order valence-corrected chi connectivity index (χ0v) is 17.9. The van der Waals surface area contributed by atoms with Gasteiger partial charge in [0, 0.05) is 33.2 Å². The summed E-state index contributed by atoms with van der Waals surface area (Å²) < 4.78 is 15.4. The summed E-state index contributed by atoms with van der Waals surface area (Å²) in [7, 11) is 1.65. The van der Waals surface area contributed by atoms with E-state index in [0.29, 0.717) is 19.8 Å². The summed E-state index contributed by atoms with van der Waals surface area (Å²) in [6.45, 7) is 6.26. The molecule has 2 unspecified atom stereocenters. The van der Waals surface area contributed by atoms with E-state index in [-0.39, 0.29) is 38.1 Å². The molecule has 0 bridgehead atoms. The van der Waals surface area contributed by atoms with Crippen LogP contribution in [-0.4, -0.2) is 56.4 Å². The van der Waals surface area contributed by atoms with Gasteiger partial charge < -0.3 is 19.0 Å². The van der Waals surface area contributed by atoms with Gasteiger partial charge in [-0.05, 0) is 46.5 Å². The second-order valence-corrected chi connectivity index (χ2v) is 7.21. The highest BCUT2D eigenvalue weighted by molar-refractivity contribution is 5.75. The van der Waals surface area contributed by atoms with Crippen molar-refractivity contribution < 1.29 is 23.8 Å². The van der Waals surface area contributed by atoms with Gasteiger partial charge in [-0.25, -0.2) is 0 Å². The molecule has 2 atom stereocenters. The average Bonchev–Trinajstić information content (AvgIpc) is 2.71. The second kappa shape index (κ2) is 14.6. The van der Waals surface area contributed by atoms with E-state index in [4.69, 9.17) is 14.2 Å². The number of nitrogens with zero attached hydrogens (tertiary/aromatic N) is 4. The quantitative estimate of drug-likeness (QED) is 0.217. The van der Waals surface area contributed by atoms with Gasteiger partial charge in [-0.15, -0.1) is 0 Å². The molecule has 29 heavy (non-hydrogen) atoms. The number of esters is 1. The number of carbonyl (C=O) groups excluding carboxylic acids is 2. The summed E-state index contributed by atoms with van der Waals surface area (Å²) >= 11 is 0. The van der Waals surface area contributed by atoms with Gasteiger partial charge in [0.2, 0.25) is 0 Å². The lowest BCUT2D eigenvalue weighted by Crippen LogP contribution is -2.25. The summed E-state index contributed by atoms with van der Waals surface area (Å²) in [6, 6.07) is 4.03. The second-order valence-electron chi connectivity index (χ2n) is 7.21. The summed E-state index contributed by atoms with van der Waals surface area (Å²) in [5.41, 5.74) is -2.45. The molecule has 162 valence electrons. The zero-order chi connectivity index (χ0) is 22.2. The fraction of sp³-hybridized carbons (Fsp3) is 0.800. The van der Waals surface area contributed by atoms with Crippen molar-refractivity contribution in [3.05, 3.63) is 0 Å². The normalized spacial score (nSPS) is 15.1. The first kappa shape index (κ1) is 26.6. The van der Waals surface area contributed by atoms with Gasteiger partial charge in [-0.2, -0.15) is 20.8 Å². The minimum Gasteiger partial charge on any atom is -0.463 e. The van der Waals surface area contributed by atoms with Crippen LogP contribution in [0.5, 0.6) is 0 Å². The van der Waals surface area contributed by atoms with Gasteiger partial charge in [-0.3, -0.25) is 4.79 Å². The first-order valence-electron chi connectivity index (χ1n) is 9.68. The Morgan fingerprint density at radius 3 is 1.97 bits per heavy atom. The van der Waals surface area contributed by atoms with Crippen LogP contribution in [0.25, 0.3) is 0 Å². The molecule has 0 saturated carbocycles. The monoisotopic (exact) mass is 408 g/mol. The first-order valence-corrected chi connectivity index (χ1v) is 9.68. The Morgan fingerprint density at radius 2 is 1.45 bits per heavy atom. The van der Waals surface area contributed by atoms with Gasteiger partial charge in [-0.1, -0.05) is 0 Å². The molecule has 9 heteroatoms. The summed E-state index contributed by atoms with van der Waals surface area (Å²) in [4.78, 5) is 23.0. The van der Waals surface area contributed by atoms with Crippen molar-refractivity contribution in [2.45, 2.75) is 70.4 Å². The summed E-state index contributed by atoms with van der Waals surface area (Å²) in [5, 5.41) is 26.7. The molecule has 0 aliphatic rings. The van der Waals surface area contributed by atoms with Crippen LogP contribution in [0.3, 0.4) is 0 Å². The predicted octanol–water partition coefficient (Wildman–Crippen LogP) is 3.14. The number of carbonyl (C=O) groups is 2. The topological polar surface area (TPSA) is 134 Å². The van der Waals surface area contributed by atoms with Crippen LogP contribution < -0.4 is 0 Å². The Balaban J connectivity index is 4.34. The lowest BCUT2D eigenvalue weighted by molar-refractivity contribution is -0.145. The Labute approximate surface area is 173 Å². The molecule has 0 aliphatic heterocycles. The highest BCUT2D eigenvalue weighted by Gasteiger charge is 2.29. The van der Waals surface area contributed by atoms with E-state index in [0.717, 1.165) is 12.8 Å². The number of unbranched alkanes of at least 4 members (excludes halogenated alkanes) is 1. The minimum absolute atomic E-state index is 0.00632. The van der Waals surface area contributed by atoms with E-state index in [9.17, 15) is 20.1 Å². The van der Waals surface area contributed by atoms with Crippen LogP contribution in [-0.2, 0) is 23.8 Å². The van der Waals surface area contributed by atoms with Crippen molar-refractivity contribution in [1.29, 1.82) is 10.5 Å². The van der Waals surface area contributed by atoms with Crippen molar-refractivity contribution >= 4 is 11.8 Å². The molecule has 0 amide bonds. The van der Waals surface area contributed by atoms with Crippen molar-refractivity contribution in [3.8, 4) is 12.1 Å². The molecule has 0 rings (SSSR count). The van der Waals surface area contributed by atoms with Gasteiger partial charge in [0.05, 0.1) is 18.7 Å². The van der Waals surface area contributed by atoms with Gasteiger partial charge >= 0.3 is 5.97 Å². The Kier molecular flexibility index (Phi) is 13.4. The van der Waals surface area contributed by atoms with Gasteiger partial charge in [0.25, 0.3) is 0 Å². The van der Waals surface area contributed by atoms with Crippen molar-refractivity contribution in [3.63, 3.8) is 0 Å². The largest absolute Gasteiger partial charge is 0.463 e. The molecule has 0 heterocycles. The number of methoxy groups -OCH3 is 1. The molecule has 0 N–H and O–H groups in total. The first-order chi connectivity index (χ1) is 13.7. The van der Waals surface area contributed by atoms with E-state index in [1.165, 1.54) is 13.8 Å². The molecular weight excluding hydrogens is 376 g/mol. The number of rotatable bonds is 16. The Morgan fingerprint density at radius 1 is 0.897 bits per heavy atom. The van der Waals surface area contributed by atoms with Crippen molar-refractivity contribution in [2.75, 3.05) is 33.5 Å². The number of ketones is 1. The molecule has 9 nitrogen and oxygen atoms in total. The predicted molar refractivity (Wildman–Crippen MR) is 105 cm³/mol.